The number of hydrogen-bond acceptors (Lipinski definition) is 4. The lowest BCUT2D eigenvalue weighted by molar-refractivity contribution is -0.138. The van der Waals surface area contributed by atoms with E-state index >= 15 is 0 Å². The lowest BCUT2D eigenvalue weighted by atomic mass is 10.1. The van der Waals surface area contributed by atoms with Crippen molar-refractivity contribution >= 4 is 12.1 Å². The molecular weight excluding hydrogens is 214 g/mol. The van der Waals surface area contributed by atoms with Gasteiger partial charge in [-0.3, -0.25) is 4.79 Å². The maximum absolute atomic E-state index is 11.2. The number of carbonyl (C=O) groups excluding carboxylic acids is 1. The number of rotatable bonds is 7. The van der Waals surface area contributed by atoms with Crippen molar-refractivity contribution in [1.29, 1.82) is 0 Å². The van der Waals surface area contributed by atoms with E-state index in [-0.39, 0.29) is 13.0 Å². The van der Waals surface area contributed by atoms with Crippen LogP contribution >= 0.6 is 0 Å². The fourth-order valence-corrected chi connectivity index (χ4v) is 1.01. The number of nitrogens with one attached hydrogen (secondary N) is 1. The maximum Gasteiger partial charge on any atom is 0.407 e. The quantitative estimate of drug-likeness (QED) is 0.632. The molecule has 92 valence electrons. The van der Waals surface area contributed by atoms with Gasteiger partial charge in [-0.25, -0.2) is 4.79 Å². The lowest BCUT2D eigenvalue weighted by Gasteiger charge is -2.21. The van der Waals surface area contributed by atoms with Crippen molar-refractivity contribution < 1.29 is 24.2 Å². The molecule has 0 saturated heterocycles. The molecule has 2 atom stereocenters. The highest BCUT2D eigenvalue weighted by Crippen LogP contribution is 2.03. The van der Waals surface area contributed by atoms with E-state index in [0.29, 0.717) is 0 Å². The third-order valence-electron chi connectivity index (χ3n) is 1.97. The summed E-state index contributed by atoms with van der Waals surface area (Å²) in [5.41, 5.74) is 0. The highest BCUT2D eigenvalue weighted by atomic mass is 16.5. The average molecular weight is 231 g/mol. The second-order valence-electron chi connectivity index (χ2n) is 3.18. The molecule has 0 heterocycles. The van der Waals surface area contributed by atoms with Crippen molar-refractivity contribution in [2.45, 2.75) is 25.5 Å². The summed E-state index contributed by atoms with van der Waals surface area (Å²) >= 11 is 0. The molecule has 0 aliphatic heterocycles. The summed E-state index contributed by atoms with van der Waals surface area (Å²) in [5.74, 6) is -1.02. The van der Waals surface area contributed by atoms with Crippen LogP contribution in [0.1, 0.15) is 13.3 Å². The van der Waals surface area contributed by atoms with Crippen LogP contribution in [-0.2, 0) is 14.3 Å². The summed E-state index contributed by atoms with van der Waals surface area (Å²) in [6.45, 7) is 5.13. The van der Waals surface area contributed by atoms with Crippen LogP contribution in [0.5, 0.6) is 0 Å². The van der Waals surface area contributed by atoms with Crippen LogP contribution in [0.15, 0.2) is 12.7 Å². The molecule has 0 aliphatic rings. The molecule has 16 heavy (non-hydrogen) atoms. The predicted molar refractivity (Wildman–Crippen MR) is 57.2 cm³/mol. The van der Waals surface area contributed by atoms with Gasteiger partial charge in [0, 0.05) is 7.11 Å². The first-order valence-corrected chi connectivity index (χ1v) is 4.80. The zero-order valence-electron chi connectivity index (χ0n) is 9.43. The molecule has 2 N–H and O–H groups in total. The zero-order chi connectivity index (χ0) is 12.6. The van der Waals surface area contributed by atoms with Crippen LogP contribution in [0.4, 0.5) is 4.79 Å². The van der Waals surface area contributed by atoms with E-state index in [1.165, 1.54) is 13.2 Å². The van der Waals surface area contributed by atoms with Crippen molar-refractivity contribution in [3.63, 3.8) is 0 Å². The Labute approximate surface area is 94.2 Å². The Morgan fingerprint density at radius 2 is 2.19 bits per heavy atom. The Bertz CT molecular complexity index is 254. The second kappa shape index (κ2) is 7.70. The normalized spacial score (nSPS) is 13.6. The van der Waals surface area contributed by atoms with Crippen LogP contribution in [0, 0.1) is 0 Å². The third kappa shape index (κ3) is 6.02. The number of ether oxygens (including phenoxy) is 2. The molecule has 0 fully saturated rings. The maximum atomic E-state index is 11.2. The highest BCUT2D eigenvalue weighted by Gasteiger charge is 2.22. The molecule has 1 amide bonds. The highest BCUT2D eigenvalue weighted by molar-refractivity contribution is 5.71. The Kier molecular flexibility index (Phi) is 6.95. The van der Waals surface area contributed by atoms with E-state index in [1.54, 1.807) is 6.92 Å². The molecule has 0 bridgehead atoms. The van der Waals surface area contributed by atoms with Crippen LogP contribution < -0.4 is 5.32 Å². The van der Waals surface area contributed by atoms with Crippen molar-refractivity contribution in [2.24, 2.45) is 0 Å². The van der Waals surface area contributed by atoms with E-state index in [1.807, 2.05) is 0 Å². The van der Waals surface area contributed by atoms with Crippen molar-refractivity contribution in [3.05, 3.63) is 12.7 Å². The van der Waals surface area contributed by atoms with Crippen molar-refractivity contribution in [1.82, 2.24) is 5.32 Å². The molecule has 0 aromatic rings. The number of hydrogen-bond donors (Lipinski definition) is 2. The first-order valence-electron chi connectivity index (χ1n) is 4.80. The van der Waals surface area contributed by atoms with Gasteiger partial charge in [0.25, 0.3) is 0 Å². The van der Waals surface area contributed by atoms with Gasteiger partial charge in [-0.05, 0) is 6.92 Å². The van der Waals surface area contributed by atoms with E-state index < -0.39 is 24.2 Å². The molecule has 0 spiro atoms. The summed E-state index contributed by atoms with van der Waals surface area (Å²) in [6, 6.07) is -0.625. The van der Waals surface area contributed by atoms with Crippen molar-refractivity contribution in [2.75, 3.05) is 13.7 Å². The first kappa shape index (κ1) is 14.4. The van der Waals surface area contributed by atoms with Gasteiger partial charge in [-0.15, -0.1) is 0 Å². The second-order valence-corrected chi connectivity index (χ2v) is 3.18. The Hall–Kier alpha value is -1.56. The van der Waals surface area contributed by atoms with Gasteiger partial charge in [0.1, 0.15) is 6.61 Å². The average Bonchev–Trinajstić information content (AvgIpc) is 2.23. The smallest absolute Gasteiger partial charge is 0.407 e. The minimum absolute atomic E-state index is 0.0764. The SMILES string of the molecule is C=CCOC(=O)N[C@H](CC(=O)O)[C@@H](C)OC. The van der Waals surface area contributed by atoms with Crippen LogP contribution in [-0.4, -0.2) is 43.0 Å². The van der Waals surface area contributed by atoms with Gasteiger partial charge in [-0.1, -0.05) is 12.7 Å². The summed E-state index contributed by atoms with van der Waals surface area (Å²) in [5, 5.41) is 11.1. The van der Waals surface area contributed by atoms with Gasteiger partial charge in [0.05, 0.1) is 18.6 Å². The molecule has 6 nitrogen and oxygen atoms in total. The molecule has 6 heteroatoms. The van der Waals surface area contributed by atoms with Gasteiger partial charge < -0.3 is 19.9 Å². The first-order chi connectivity index (χ1) is 7.51. The standard InChI is InChI=1S/C10H17NO5/c1-4-5-16-10(14)11-8(6-9(12)13)7(2)15-3/h4,7-8H,1,5-6H2,2-3H3,(H,11,14)(H,12,13)/t7-,8-/m1/s1. The molecule has 0 aliphatic carbocycles. The van der Waals surface area contributed by atoms with Crippen LogP contribution in [0.25, 0.3) is 0 Å². The molecule has 0 radical (unpaired) electrons. The topological polar surface area (TPSA) is 84.9 Å². The summed E-state index contributed by atoms with van der Waals surface area (Å²) in [7, 11) is 1.44. The Balaban J connectivity index is 4.24. The van der Waals surface area contributed by atoms with Crippen LogP contribution in [0.3, 0.4) is 0 Å². The van der Waals surface area contributed by atoms with Gasteiger partial charge in [0.2, 0.25) is 0 Å². The van der Waals surface area contributed by atoms with Gasteiger partial charge >= 0.3 is 12.1 Å². The van der Waals surface area contributed by atoms with E-state index in [2.05, 4.69) is 16.6 Å². The molecule has 0 aromatic heterocycles. The van der Waals surface area contributed by atoms with E-state index in [9.17, 15) is 9.59 Å². The number of carboxylic acids is 1. The molecular formula is C10H17NO5. The minimum Gasteiger partial charge on any atom is -0.481 e. The summed E-state index contributed by atoms with van der Waals surface area (Å²) in [6.07, 6.45) is 0.103. The number of aliphatic carboxylic acids is 1. The number of carbonyl (C=O) groups is 2. The molecule has 0 rings (SSSR count). The Morgan fingerprint density at radius 1 is 1.56 bits per heavy atom. The van der Waals surface area contributed by atoms with Gasteiger partial charge in [-0.2, -0.15) is 0 Å². The monoisotopic (exact) mass is 231 g/mol. The van der Waals surface area contributed by atoms with Gasteiger partial charge in [0.15, 0.2) is 0 Å². The summed E-state index contributed by atoms with van der Waals surface area (Å²) < 4.78 is 9.65. The zero-order valence-corrected chi connectivity index (χ0v) is 9.43. The third-order valence-corrected chi connectivity index (χ3v) is 1.97. The fraction of sp³-hybridized carbons (Fsp3) is 0.600. The number of methoxy groups -OCH3 is 1. The Morgan fingerprint density at radius 3 is 2.62 bits per heavy atom. The fourth-order valence-electron chi connectivity index (χ4n) is 1.01. The molecule has 0 saturated carbocycles. The number of amides is 1. The number of alkyl carbamates (subject to hydrolysis) is 1. The van der Waals surface area contributed by atoms with Crippen molar-refractivity contribution in [3.8, 4) is 0 Å². The molecule has 0 unspecified atom stereocenters. The minimum atomic E-state index is -1.02. The molecule has 0 aromatic carbocycles. The van der Waals surface area contributed by atoms with E-state index in [0.717, 1.165) is 0 Å². The summed E-state index contributed by atoms with van der Waals surface area (Å²) in [4.78, 5) is 21.7. The van der Waals surface area contributed by atoms with E-state index in [4.69, 9.17) is 9.84 Å². The largest absolute Gasteiger partial charge is 0.481 e. The van der Waals surface area contributed by atoms with Crippen LogP contribution in [0.2, 0.25) is 0 Å². The predicted octanol–water partition coefficient (Wildman–Crippen LogP) is 0.777. The lowest BCUT2D eigenvalue weighted by Crippen LogP contribution is -2.44. The number of carboxylic acid groups (broad SMARTS) is 1.